The SMILES string of the molecule is COC(=O)c1ccc(C#N)c(I)c1Cl. The van der Waals surface area contributed by atoms with E-state index in [0.29, 0.717) is 9.13 Å². The number of hydrogen-bond donors (Lipinski definition) is 0. The van der Waals surface area contributed by atoms with E-state index >= 15 is 0 Å². The lowest BCUT2D eigenvalue weighted by Gasteiger charge is -2.04. The minimum absolute atomic E-state index is 0.261. The summed E-state index contributed by atoms with van der Waals surface area (Å²) in [6.07, 6.45) is 0. The molecule has 72 valence electrons. The van der Waals surface area contributed by atoms with Gasteiger partial charge in [-0.25, -0.2) is 4.79 Å². The van der Waals surface area contributed by atoms with Gasteiger partial charge in [-0.3, -0.25) is 0 Å². The second-order valence-corrected chi connectivity index (χ2v) is 3.85. The summed E-state index contributed by atoms with van der Waals surface area (Å²) in [5.74, 6) is -0.502. The molecule has 0 radical (unpaired) electrons. The largest absolute Gasteiger partial charge is 0.465 e. The number of nitriles is 1. The Labute approximate surface area is 99.8 Å². The highest BCUT2D eigenvalue weighted by Crippen LogP contribution is 2.26. The molecule has 0 fully saturated rings. The quantitative estimate of drug-likeness (QED) is 0.590. The molecule has 0 spiro atoms. The van der Waals surface area contributed by atoms with Crippen molar-refractivity contribution >= 4 is 40.2 Å². The molecule has 0 aliphatic carbocycles. The van der Waals surface area contributed by atoms with Crippen molar-refractivity contribution in [1.29, 1.82) is 5.26 Å². The first-order chi connectivity index (χ1) is 6.61. The van der Waals surface area contributed by atoms with Crippen LogP contribution < -0.4 is 0 Å². The van der Waals surface area contributed by atoms with Gasteiger partial charge in [-0.15, -0.1) is 0 Å². The van der Waals surface area contributed by atoms with Gasteiger partial charge in [0.25, 0.3) is 0 Å². The molecule has 3 nitrogen and oxygen atoms in total. The van der Waals surface area contributed by atoms with E-state index in [1.807, 2.05) is 28.7 Å². The predicted octanol–water partition coefficient (Wildman–Crippen LogP) is 2.60. The summed E-state index contributed by atoms with van der Waals surface area (Å²) < 4.78 is 5.10. The summed E-state index contributed by atoms with van der Waals surface area (Å²) >= 11 is 7.81. The van der Waals surface area contributed by atoms with E-state index in [1.54, 1.807) is 6.07 Å². The topological polar surface area (TPSA) is 50.1 Å². The second-order valence-electron chi connectivity index (χ2n) is 2.39. The van der Waals surface area contributed by atoms with E-state index in [9.17, 15) is 4.79 Å². The molecule has 1 rings (SSSR count). The van der Waals surface area contributed by atoms with Gasteiger partial charge in [-0.05, 0) is 34.7 Å². The summed E-state index contributed by atoms with van der Waals surface area (Å²) in [4.78, 5) is 11.2. The maximum Gasteiger partial charge on any atom is 0.339 e. The molecule has 0 heterocycles. The van der Waals surface area contributed by atoms with Crippen LogP contribution in [0.5, 0.6) is 0 Å². The fourth-order valence-electron chi connectivity index (χ4n) is 0.903. The van der Waals surface area contributed by atoms with Gasteiger partial charge < -0.3 is 4.74 Å². The molecule has 0 atom stereocenters. The monoisotopic (exact) mass is 321 g/mol. The highest BCUT2D eigenvalue weighted by molar-refractivity contribution is 14.1. The first kappa shape index (κ1) is 11.3. The second kappa shape index (κ2) is 4.62. The molecule has 0 amide bonds. The Morgan fingerprint density at radius 2 is 2.29 bits per heavy atom. The molecule has 0 saturated carbocycles. The number of nitrogens with zero attached hydrogens (tertiary/aromatic N) is 1. The average Bonchev–Trinajstić information content (AvgIpc) is 2.21. The van der Waals surface area contributed by atoms with E-state index in [0.717, 1.165) is 0 Å². The highest BCUT2D eigenvalue weighted by Gasteiger charge is 2.15. The number of benzene rings is 1. The average molecular weight is 322 g/mol. The molecule has 0 N–H and O–H groups in total. The van der Waals surface area contributed by atoms with E-state index in [2.05, 4.69) is 4.74 Å². The standard InChI is InChI=1S/C9H5ClINO2/c1-14-9(13)6-3-2-5(4-12)8(11)7(6)10/h2-3H,1H3. The zero-order chi connectivity index (χ0) is 10.7. The smallest absolute Gasteiger partial charge is 0.339 e. The van der Waals surface area contributed by atoms with Crippen molar-refractivity contribution in [3.05, 3.63) is 31.9 Å². The lowest BCUT2D eigenvalue weighted by atomic mass is 10.1. The van der Waals surface area contributed by atoms with E-state index < -0.39 is 5.97 Å². The predicted molar refractivity (Wildman–Crippen MR) is 60.2 cm³/mol. The number of carbonyl (C=O) groups is 1. The number of rotatable bonds is 1. The molecule has 0 bridgehead atoms. The van der Waals surface area contributed by atoms with Gasteiger partial charge in [-0.1, -0.05) is 11.6 Å². The fourth-order valence-corrected chi connectivity index (χ4v) is 1.74. The minimum atomic E-state index is -0.502. The van der Waals surface area contributed by atoms with Crippen LogP contribution in [0, 0.1) is 14.9 Å². The van der Waals surface area contributed by atoms with Gasteiger partial charge in [0.1, 0.15) is 6.07 Å². The zero-order valence-corrected chi connectivity index (χ0v) is 10.1. The maximum absolute atomic E-state index is 11.2. The zero-order valence-electron chi connectivity index (χ0n) is 7.17. The number of carbonyl (C=O) groups excluding carboxylic acids is 1. The summed E-state index contributed by atoms with van der Waals surface area (Å²) in [5, 5.41) is 8.96. The normalized spacial score (nSPS) is 9.29. The lowest BCUT2D eigenvalue weighted by Crippen LogP contribution is -2.03. The van der Waals surface area contributed by atoms with Crippen LogP contribution in [0.1, 0.15) is 15.9 Å². The summed E-state index contributed by atoms with van der Waals surface area (Å²) in [6, 6.07) is 5.00. The van der Waals surface area contributed by atoms with Gasteiger partial charge in [0.2, 0.25) is 0 Å². The highest BCUT2D eigenvalue weighted by atomic mass is 127. The molecule has 1 aromatic carbocycles. The van der Waals surface area contributed by atoms with Crippen molar-refractivity contribution in [2.75, 3.05) is 7.11 Å². The van der Waals surface area contributed by atoms with Crippen molar-refractivity contribution in [3.8, 4) is 6.07 Å². The molecule has 1 aromatic rings. The van der Waals surface area contributed by atoms with Gasteiger partial charge in [0.15, 0.2) is 0 Å². The summed E-state index contributed by atoms with van der Waals surface area (Å²) in [5.41, 5.74) is 0.723. The van der Waals surface area contributed by atoms with Crippen molar-refractivity contribution in [3.63, 3.8) is 0 Å². The van der Waals surface area contributed by atoms with Crippen molar-refractivity contribution in [1.82, 2.24) is 0 Å². The Bertz CT molecular complexity index is 426. The van der Waals surface area contributed by atoms with Crippen LogP contribution in [-0.4, -0.2) is 13.1 Å². The molecule has 5 heteroatoms. The van der Waals surface area contributed by atoms with Gasteiger partial charge >= 0.3 is 5.97 Å². The van der Waals surface area contributed by atoms with Crippen LogP contribution in [-0.2, 0) is 4.74 Å². The molecule has 14 heavy (non-hydrogen) atoms. The van der Waals surface area contributed by atoms with Gasteiger partial charge in [-0.2, -0.15) is 5.26 Å². The van der Waals surface area contributed by atoms with Gasteiger partial charge in [0.05, 0.1) is 26.8 Å². The molecule has 0 unspecified atom stereocenters. The Morgan fingerprint density at radius 1 is 1.64 bits per heavy atom. The van der Waals surface area contributed by atoms with E-state index in [-0.39, 0.29) is 10.6 Å². The molecule has 0 aromatic heterocycles. The molecular weight excluding hydrogens is 316 g/mol. The maximum atomic E-state index is 11.2. The van der Waals surface area contributed by atoms with Crippen molar-refractivity contribution in [2.24, 2.45) is 0 Å². The number of ether oxygens (including phenoxy) is 1. The Morgan fingerprint density at radius 3 is 2.79 bits per heavy atom. The minimum Gasteiger partial charge on any atom is -0.465 e. The first-order valence-electron chi connectivity index (χ1n) is 3.58. The number of halogens is 2. The summed E-state index contributed by atoms with van der Waals surface area (Å²) in [7, 11) is 1.28. The van der Waals surface area contributed by atoms with Crippen LogP contribution in [0.15, 0.2) is 12.1 Å². The Hall–Kier alpha value is -0.800. The lowest BCUT2D eigenvalue weighted by molar-refractivity contribution is 0.0601. The third-order valence-electron chi connectivity index (χ3n) is 1.61. The molecule has 0 aliphatic heterocycles. The van der Waals surface area contributed by atoms with Crippen LogP contribution >= 0.6 is 34.2 Å². The van der Waals surface area contributed by atoms with Gasteiger partial charge in [0, 0.05) is 0 Å². The summed E-state index contributed by atoms with van der Waals surface area (Å²) in [6.45, 7) is 0. The van der Waals surface area contributed by atoms with Crippen LogP contribution in [0.2, 0.25) is 5.02 Å². The number of methoxy groups -OCH3 is 1. The molecule has 0 saturated heterocycles. The number of hydrogen-bond acceptors (Lipinski definition) is 3. The molecular formula is C9H5ClINO2. The van der Waals surface area contributed by atoms with Crippen LogP contribution in [0.4, 0.5) is 0 Å². The van der Waals surface area contributed by atoms with E-state index in [4.69, 9.17) is 16.9 Å². The fraction of sp³-hybridized carbons (Fsp3) is 0.111. The molecule has 0 aliphatic rings. The Balaban J connectivity index is 3.33. The Kier molecular flexibility index (Phi) is 3.72. The van der Waals surface area contributed by atoms with Crippen LogP contribution in [0.25, 0.3) is 0 Å². The first-order valence-corrected chi connectivity index (χ1v) is 5.04. The van der Waals surface area contributed by atoms with Crippen LogP contribution in [0.3, 0.4) is 0 Å². The number of esters is 1. The third kappa shape index (κ3) is 1.99. The van der Waals surface area contributed by atoms with Crippen molar-refractivity contribution in [2.45, 2.75) is 0 Å². The van der Waals surface area contributed by atoms with E-state index in [1.165, 1.54) is 13.2 Å². The third-order valence-corrected chi connectivity index (χ3v) is 3.44. The van der Waals surface area contributed by atoms with Crippen molar-refractivity contribution < 1.29 is 9.53 Å².